The maximum absolute atomic E-state index is 12.8. The molecule has 10 nitrogen and oxygen atoms in total. The minimum absolute atomic E-state index is 0.179. The highest BCUT2D eigenvalue weighted by Gasteiger charge is 2.39. The number of nitrogens with zero attached hydrogens (tertiary/aromatic N) is 5. The normalized spacial score (nSPS) is 16.9. The lowest BCUT2D eigenvalue weighted by Crippen LogP contribution is -2.50. The summed E-state index contributed by atoms with van der Waals surface area (Å²) in [6.45, 7) is 3.99. The van der Waals surface area contributed by atoms with Gasteiger partial charge in [-0.3, -0.25) is 14.7 Å². The van der Waals surface area contributed by atoms with Crippen LogP contribution in [0.2, 0.25) is 0 Å². The summed E-state index contributed by atoms with van der Waals surface area (Å²) in [6, 6.07) is 12.2. The van der Waals surface area contributed by atoms with Gasteiger partial charge < -0.3 is 19.7 Å². The van der Waals surface area contributed by atoms with Gasteiger partial charge in [0.1, 0.15) is 6.04 Å². The number of hydrogen-bond acceptors (Lipinski definition) is 6. The third-order valence-corrected chi connectivity index (χ3v) is 5.88. The van der Waals surface area contributed by atoms with Crippen LogP contribution in [0.25, 0.3) is 10.9 Å². The third kappa shape index (κ3) is 7.91. The fraction of sp³-hybridized carbons (Fsp3) is 0.375. The topological polar surface area (TPSA) is 129 Å². The average molecular weight is 575 g/mol. The number of rotatable bonds is 3. The number of benzene rings is 1. The number of para-hydroxylation sites is 1. The molecule has 0 aliphatic carbocycles. The molecule has 1 aromatic carbocycles. The van der Waals surface area contributed by atoms with Gasteiger partial charge in [-0.15, -0.1) is 0 Å². The van der Waals surface area contributed by atoms with E-state index >= 15 is 0 Å². The average Bonchev–Trinajstić information content (AvgIpc) is 3.30. The second-order valence-electron chi connectivity index (χ2n) is 8.76. The first-order chi connectivity index (χ1) is 18.7. The second-order valence-corrected chi connectivity index (χ2v) is 8.76. The molecule has 1 amide bonds. The predicted octanol–water partition coefficient (Wildman–Crippen LogP) is 3.49. The first-order valence-corrected chi connectivity index (χ1v) is 11.6. The molecule has 40 heavy (non-hydrogen) atoms. The molecule has 1 atom stereocenters. The SMILES string of the molecule is O=C(C1CN(Cc2ccc3ccccc3n2)Cc2cncn21)N1CCC1.O=C(O)C(F)(F)F.O=C(O)C(F)(F)F. The number of aromatic nitrogens is 3. The molecule has 1 unspecified atom stereocenters. The van der Waals surface area contributed by atoms with Crippen LogP contribution in [0.1, 0.15) is 23.9 Å². The van der Waals surface area contributed by atoms with Crippen LogP contribution in [0.5, 0.6) is 0 Å². The molecule has 2 N–H and O–H groups in total. The molecule has 216 valence electrons. The Balaban J connectivity index is 0.000000263. The van der Waals surface area contributed by atoms with Gasteiger partial charge in [0.05, 0.1) is 23.2 Å². The summed E-state index contributed by atoms with van der Waals surface area (Å²) in [6.07, 6.45) is -5.39. The van der Waals surface area contributed by atoms with E-state index in [0.717, 1.165) is 54.9 Å². The van der Waals surface area contributed by atoms with Crippen LogP contribution in [0, 0.1) is 0 Å². The highest BCUT2D eigenvalue weighted by atomic mass is 19.4. The number of halogens is 6. The Hall–Kier alpha value is -4.21. The van der Waals surface area contributed by atoms with Crippen molar-refractivity contribution in [1.29, 1.82) is 0 Å². The fourth-order valence-corrected chi connectivity index (χ4v) is 3.85. The van der Waals surface area contributed by atoms with Gasteiger partial charge in [0.2, 0.25) is 5.91 Å². The van der Waals surface area contributed by atoms with Crippen molar-refractivity contribution in [3.63, 3.8) is 0 Å². The summed E-state index contributed by atoms with van der Waals surface area (Å²) in [5.74, 6) is -5.30. The van der Waals surface area contributed by atoms with Crippen LogP contribution in [-0.4, -0.2) is 84.4 Å². The van der Waals surface area contributed by atoms with E-state index in [4.69, 9.17) is 24.8 Å². The number of carboxylic acids is 2. The summed E-state index contributed by atoms with van der Waals surface area (Å²) < 4.78 is 65.5. The Morgan fingerprint density at radius 3 is 2.08 bits per heavy atom. The number of pyridine rings is 1. The smallest absolute Gasteiger partial charge is 0.475 e. The van der Waals surface area contributed by atoms with Gasteiger partial charge in [0.15, 0.2) is 0 Å². The molecule has 0 spiro atoms. The lowest BCUT2D eigenvalue weighted by Gasteiger charge is -2.39. The minimum Gasteiger partial charge on any atom is -0.475 e. The number of alkyl halides is 6. The van der Waals surface area contributed by atoms with Crippen LogP contribution in [-0.2, 0) is 27.5 Å². The zero-order chi connectivity index (χ0) is 29.7. The number of fused-ring (bicyclic) bond motifs is 2. The molecule has 2 aromatic heterocycles. The number of likely N-dealkylation sites (tertiary alicyclic amines) is 1. The molecule has 1 saturated heterocycles. The largest absolute Gasteiger partial charge is 0.490 e. The zero-order valence-corrected chi connectivity index (χ0v) is 20.6. The van der Waals surface area contributed by atoms with Crippen molar-refractivity contribution in [2.45, 2.75) is 37.9 Å². The van der Waals surface area contributed by atoms with Crippen LogP contribution in [0.15, 0.2) is 48.9 Å². The van der Waals surface area contributed by atoms with E-state index in [0.29, 0.717) is 6.54 Å². The van der Waals surface area contributed by atoms with Gasteiger partial charge in [-0.25, -0.2) is 14.6 Å². The standard InChI is InChI=1S/C20H21N5O.2C2HF3O2/c26-20(24-8-3-9-24)19-13-23(12-17-10-21-14-25(17)19)11-16-7-6-15-4-1-2-5-18(15)22-16;2*3-2(4,5)1(6)7/h1-2,4-7,10,14,19H,3,8-9,11-13H2;2*(H,6,7). The van der Waals surface area contributed by atoms with Gasteiger partial charge >= 0.3 is 24.3 Å². The number of carbonyl (C=O) groups is 3. The van der Waals surface area contributed by atoms with Gasteiger partial charge in [-0.2, -0.15) is 26.3 Å². The second kappa shape index (κ2) is 12.3. The molecule has 0 radical (unpaired) electrons. The van der Waals surface area contributed by atoms with E-state index < -0.39 is 24.3 Å². The van der Waals surface area contributed by atoms with Crippen molar-refractivity contribution < 1.29 is 50.9 Å². The number of amides is 1. The Morgan fingerprint density at radius 2 is 1.52 bits per heavy atom. The van der Waals surface area contributed by atoms with E-state index in [1.807, 2.05) is 33.9 Å². The van der Waals surface area contributed by atoms with Crippen molar-refractivity contribution in [3.8, 4) is 0 Å². The highest BCUT2D eigenvalue weighted by molar-refractivity contribution is 5.81. The monoisotopic (exact) mass is 575 g/mol. The van der Waals surface area contributed by atoms with E-state index in [1.54, 1.807) is 6.33 Å². The van der Waals surface area contributed by atoms with Crippen LogP contribution >= 0.6 is 0 Å². The predicted molar refractivity (Wildman–Crippen MR) is 126 cm³/mol. The molecule has 0 bridgehead atoms. The van der Waals surface area contributed by atoms with E-state index in [9.17, 15) is 31.1 Å². The third-order valence-electron chi connectivity index (χ3n) is 5.88. The maximum atomic E-state index is 12.8. The molecule has 5 rings (SSSR count). The molecular weight excluding hydrogens is 552 g/mol. The van der Waals surface area contributed by atoms with Crippen molar-refractivity contribution >= 4 is 28.7 Å². The first kappa shape index (κ1) is 30.3. The van der Waals surface area contributed by atoms with Crippen molar-refractivity contribution in [1.82, 2.24) is 24.3 Å². The van der Waals surface area contributed by atoms with Crippen LogP contribution in [0.3, 0.4) is 0 Å². The number of carbonyl (C=O) groups excluding carboxylic acids is 1. The molecule has 3 aromatic rings. The Labute approximate surface area is 222 Å². The van der Waals surface area contributed by atoms with E-state index in [1.165, 1.54) is 0 Å². The van der Waals surface area contributed by atoms with Crippen LogP contribution < -0.4 is 0 Å². The molecule has 0 saturated carbocycles. The van der Waals surface area contributed by atoms with Crippen molar-refractivity contribution in [3.05, 3.63) is 60.3 Å². The summed E-state index contributed by atoms with van der Waals surface area (Å²) in [7, 11) is 0. The van der Waals surface area contributed by atoms with E-state index in [2.05, 4.69) is 28.1 Å². The molecule has 2 aliphatic heterocycles. The maximum Gasteiger partial charge on any atom is 0.490 e. The van der Waals surface area contributed by atoms with Crippen LogP contribution in [0.4, 0.5) is 26.3 Å². The quantitative estimate of drug-likeness (QED) is 0.455. The zero-order valence-electron chi connectivity index (χ0n) is 20.6. The van der Waals surface area contributed by atoms with Gasteiger partial charge in [0, 0.05) is 44.3 Å². The van der Waals surface area contributed by atoms with Crippen molar-refractivity contribution in [2.75, 3.05) is 19.6 Å². The number of imidazole rings is 1. The molecule has 16 heteroatoms. The fourth-order valence-electron chi connectivity index (χ4n) is 3.85. The van der Waals surface area contributed by atoms with Crippen molar-refractivity contribution in [2.24, 2.45) is 0 Å². The Kier molecular flexibility index (Phi) is 9.34. The van der Waals surface area contributed by atoms with Gasteiger partial charge in [-0.05, 0) is 18.6 Å². The Bertz CT molecular complexity index is 1330. The summed E-state index contributed by atoms with van der Waals surface area (Å²) in [5.41, 5.74) is 3.14. The summed E-state index contributed by atoms with van der Waals surface area (Å²) >= 11 is 0. The number of aliphatic carboxylic acids is 2. The molecular formula is C24H23F6N5O5. The summed E-state index contributed by atoms with van der Waals surface area (Å²) in [4.78, 5) is 44.0. The molecule has 2 aliphatic rings. The van der Waals surface area contributed by atoms with E-state index in [-0.39, 0.29) is 11.9 Å². The van der Waals surface area contributed by atoms with Gasteiger partial charge in [-0.1, -0.05) is 24.3 Å². The number of carboxylic acid groups (broad SMARTS) is 2. The number of hydrogen-bond donors (Lipinski definition) is 2. The Morgan fingerprint density at radius 1 is 0.925 bits per heavy atom. The first-order valence-electron chi connectivity index (χ1n) is 11.6. The lowest BCUT2D eigenvalue weighted by atomic mass is 10.1. The summed E-state index contributed by atoms with van der Waals surface area (Å²) in [5, 5.41) is 15.4. The molecule has 4 heterocycles. The van der Waals surface area contributed by atoms with Gasteiger partial charge in [0.25, 0.3) is 0 Å². The lowest BCUT2D eigenvalue weighted by molar-refractivity contribution is -0.193. The minimum atomic E-state index is -5.08. The molecule has 1 fully saturated rings. The highest BCUT2D eigenvalue weighted by Crippen LogP contribution is 2.26.